The number of nitrogens with zero attached hydrogens (tertiary/aromatic N) is 2. The Labute approximate surface area is 173 Å². The summed E-state index contributed by atoms with van der Waals surface area (Å²) in [5.74, 6) is 0.683. The number of carbonyl (C=O) groups is 1. The Morgan fingerprint density at radius 2 is 1.92 bits per heavy atom. The Hall–Kier alpha value is -1.58. The van der Waals surface area contributed by atoms with Crippen LogP contribution in [0.4, 0.5) is 4.79 Å². The average Bonchev–Trinajstić information content (AvgIpc) is 2.49. The number of hydrogen-bond acceptors (Lipinski definition) is 4. The van der Waals surface area contributed by atoms with E-state index in [2.05, 4.69) is 25.9 Å². The zero-order valence-corrected chi connectivity index (χ0v) is 18.9. The van der Waals surface area contributed by atoms with Crippen LogP contribution in [0.15, 0.2) is 29.5 Å². The fourth-order valence-corrected chi connectivity index (χ4v) is 2.02. The molecule has 3 N–H and O–H groups in total. The summed E-state index contributed by atoms with van der Waals surface area (Å²) >= 11 is 0. The third-order valence-electron chi connectivity index (χ3n) is 3.19. The van der Waals surface area contributed by atoms with Crippen LogP contribution in [0.25, 0.3) is 0 Å². The van der Waals surface area contributed by atoms with Crippen LogP contribution in [0.1, 0.15) is 40.2 Å². The predicted octanol–water partition coefficient (Wildman–Crippen LogP) is 2.71. The zero-order chi connectivity index (χ0) is 18.9. The Morgan fingerprint density at radius 1 is 1.23 bits per heavy atom. The van der Waals surface area contributed by atoms with Crippen molar-refractivity contribution in [1.82, 2.24) is 20.9 Å². The lowest BCUT2D eigenvalue weighted by Crippen LogP contribution is -2.54. The Bertz CT molecular complexity index is 571. The molecule has 1 amide bonds. The topological polar surface area (TPSA) is 87.6 Å². The van der Waals surface area contributed by atoms with Gasteiger partial charge < -0.3 is 20.7 Å². The second-order valence-electron chi connectivity index (χ2n) is 7.47. The summed E-state index contributed by atoms with van der Waals surface area (Å²) in [7, 11) is 1.72. The van der Waals surface area contributed by atoms with Crippen molar-refractivity contribution >= 4 is 36.0 Å². The molecule has 8 heteroatoms. The first-order valence-electron chi connectivity index (χ1n) is 8.46. The van der Waals surface area contributed by atoms with Crippen molar-refractivity contribution in [3.63, 3.8) is 0 Å². The highest BCUT2D eigenvalue weighted by molar-refractivity contribution is 14.0. The van der Waals surface area contributed by atoms with Crippen LogP contribution in [-0.2, 0) is 11.2 Å². The molecule has 0 spiro atoms. The summed E-state index contributed by atoms with van der Waals surface area (Å²) in [6.07, 6.45) is 4.04. The number of guanidine groups is 1. The first-order chi connectivity index (χ1) is 11.6. The van der Waals surface area contributed by atoms with E-state index in [-0.39, 0.29) is 24.0 Å². The second-order valence-corrected chi connectivity index (χ2v) is 7.47. The molecule has 148 valence electrons. The lowest BCUT2D eigenvalue weighted by atomic mass is 10.1. The van der Waals surface area contributed by atoms with E-state index >= 15 is 0 Å². The number of aliphatic imine (C=N–C) groups is 1. The largest absolute Gasteiger partial charge is 0.444 e. The van der Waals surface area contributed by atoms with Crippen molar-refractivity contribution < 1.29 is 9.53 Å². The standard InChI is InChI=1S/C18H31N5O2.HI/c1-17(2,3)25-16(24)23-18(4,5)13-22-15(19-6)21-11-9-14-8-7-10-20-12-14;/h7-8,10,12H,9,11,13H2,1-6H3,(H,23,24)(H2,19,21,22);1H. The molecule has 1 rings (SSSR count). The fraction of sp³-hybridized carbons (Fsp3) is 0.611. The third-order valence-corrected chi connectivity index (χ3v) is 3.19. The molecule has 0 atom stereocenters. The monoisotopic (exact) mass is 477 g/mol. The third kappa shape index (κ3) is 11.1. The summed E-state index contributed by atoms with van der Waals surface area (Å²) in [6.45, 7) is 10.6. The van der Waals surface area contributed by atoms with E-state index in [0.717, 1.165) is 18.5 Å². The minimum absolute atomic E-state index is 0. The van der Waals surface area contributed by atoms with E-state index in [4.69, 9.17) is 4.74 Å². The minimum atomic E-state index is -0.516. The lowest BCUT2D eigenvalue weighted by molar-refractivity contribution is 0.0474. The molecule has 0 bridgehead atoms. The molecule has 0 aliphatic carbocycles. The van der Waals surface area contributed by atoms with Crippen LogP contribution in [-0.4, -0.2) is 48.3 Å². The highest BCUT2D eigenvalue weighted by Crippen LogP contribution is 2.09. The molecule has 0 fully saturated rings. The quantitative estimate of drug-likeness (QED) is 0.333. The van der Waals surface area contributed by atoms with Crippen LogP contribution < -0.4 is 16.0 Å². The summed E-state index contributed by atoms with van der Waals surface area (Å²) in [5.41, 5.74) is 0.165. The summed E-state index contributed by atoms with van der Waals surface area (Å²) in [4.78, 5) is 20.2. The van der Waals surface area contributed by atoms with E-state index in [1.54, 1.807) is 13.2 Å². The molecule has 0 saturated heterocycles. The van der Waals surface area contributed by atoms with Crippen LogP contribution in [0, 0.1) is 0 Å². The van der Waals surface area contributed by atoms with E-state index in [1.165, 1.54) is 0 Å². The molecule has 1 aromatic rings. The summed E-state index contributed by atoms with van der Waals surface area (Å²) in [6, 6.07) is 3.96. The van der Waals surface area contributed by atoms with E-state index in [9.17, 15) is 4.79 Å². The van der Waals surface area contributed by atoms with Crippen LogP contribution in [0.5, 0.6) is 0 Å². The molecule has 0 saturated carbocycles. The van der Waals surface area contributed by atoms with Gasteiger partial charge in [-0.1, -0.05) is 6.07 Å². The van der Waals surface area contributed by atoms with Crippen LogP contribution >= 0.6 is 24.0 Å². The molecule has 0 aliphatic rings. The number of amides is 1. The van der Waals surface area contributed by atoms with E-state index < -0.39 is 17.2 Å². The minimum Gasteiger partial charge on any atom is -0.444 e. The van der Waals surface area contributed by atoms with Gasteiger partial charge in [-0.05, 0) is 52.7 Å². The molecule has 0 radical (unpaired) electrons. The van der Waals surface area contributed by atoms with Gasteiger partial charge in [0.2, 0.25) is 0 Å². The smallest absolute Gasteiger partial charge is 0.408 e. The first-order valence-corrected chi connectivity index (χ1v) is 8.46. The van der Waals surface area contributed by atoms with Gasteiger partial charge in [-0.3, -0.25) is 9.98 Å². The molecule has 26 heavy (non-hydrogen) atoms. The first kappa shape index (κ1) is 24.4. The molecule has 0 unspecified atom stereocenters. The normalized spacial score (nSPS) is 12.0. The Balaban J connectivity index is 0.00000625. The highest BCUT2D eigenvalue weighted by atomic mass is 127. The number of carbonyl (C=O) groups excluding carboxylic acids is 1. The highest BCUT2D eigenvalue weighted by Gasteiger charge is 2.24. The number of halogens is 1. The van der Waals surface area contributed by atoms with Crippen LogP contribution in [0.2, 0.25) is 0 Å². The van der Waals surface area contributed by atoms with Crippen molar-refractivity contribution in [3.05, 3.63) is 30.1 Å². The average molecular weight is 477 g/mol. The van der Waals surface area contributed by atoms with Gasteiger partial charge in [0.05, 0.1) is 5.54 Å². The van der Waals surface area contributed by atoms with Gasteiger partial charge in [0, 0.05) is 32.5 Å². The molecular formula is C18H32IN5O2. The van der Waals surface area contributed by atoms with E-state index in [0.29, 0.717) is 12.5 Å². The summed E-state index contributed by atoms with van der Waals surface area (Å²) in [5, 5.41) is 9.33. The number of ether oxygens (including phenoxy) is 1. The fourth-order valence-electron chi connectivity index (χ4n) is 2.02. The van der Waals surface area contributed by atoms with Gasteiger partial charge in [0.1, 0.15) is 5.60 Å². The van der Waals surface area contributed by atoms with Crippen molar-refractivity contribution in [2.24, 2.45) is 4.99 Å². The number of nitrogens with one attached hydrogen (secondary N) is 3. The maximum absolute atomic E-state index is 11.9. The number of rotatable bonds is 6. The number of pyridine rings is 1. The van der Waals surface area contributed by atoms with Crippen molar-refractivity contribution in [2.45, 2.75) is 52.2 Å². The molecular weight excluding hydrogens is 445 g/mol. The van der Waals surface area contributed by atoms with Gasteiger partial charge in [0.25, 0.3) is 0 Å². The molecule has 1 heterocycles. The van der Waals surface area contributed by atoms with Gasteiger partial charge in [-0.2, -0.15) is 0 Å². The van der Waals surface area contributed by atoms with E-state index in [1.807, 2.05) is 52.9 Å². The van der Waals surface area contributed by atoms with Gasteiger partial charge in [-0.15, -0.1) is 24.0 Å². The molecule has 0 aliphatic heterocycles. The van der Waals surface area contributed by atoms with Crippen LogP contribution in [0.3, 0.4) is 0 Å². The number of aromatic nitrogens is 1. The van der Waals surface area contributed by atoms with Gasteiger partial charge in [-0.25, -0.2) is 4.79 Å². The zero-order valence-electron chi connectivity index (χ0n) is 16.5. The Morgan fingerprint density at radius 3 is 2.46 bits per heavy atom. The van der Waals surface area contributed by atoms with Crippen molar-refractivity contribution in [3.8, 4) is 0 Å². The SMILES string of the molecule is CN=C(NCCc1cccnc1)NCC(C)(C)NC(=O)OC(C)(C)C.I. The lowest BCUT2D eigenvalue weighted by Gasteiger charge is -2.29. The molecule has 0 aromatic carbocycles. The van der Waals surface area contributed by atoms with Crippen molar-refractivity contribution in [2.75, 3.05) is 20.1 Å². The maximum Gasteiger partial charge on any atom is 0.408 e. The number of alkyl carbamates (subject to hydrolysis) is 1. The molecule has 1 aromatic heterocycles. The van der Waals surface area contributed by atoms with Gasteiger partial charge in [0.15, 0.2) is 5.96 Å². The summed E-state index contributed by atoms with van der Waals surface area (Å²) < 4.78 is 5.29. The number of hydrogen-bond donors (Lipinski definition) is 3. The predicted molar refractivity (Wildman–Crippen MR) is 116 cm³/mol. The molecule has 7 nitrogen and oxygen atoms in total. The van der Waals surface area contributed by atoms with Crippen molar-refractivity contribution in [1.29, 1.82) is 0 Å². The maximum atomic E-state index is 11.9. The van der Waals surface area contributed by atoms with Gasteiger partial charge >= 0.3 is 6.09 Å². The Kier molecular flexibility index (Phi) is 10.5. The second kappa shape index (κ2) is 11.2.